The molecule has 3 rings (SSSR count). The monoisotopic (exact) mass is 455 g/mol. The molecule has 1 saturated heterocycles. The van der Waals surface area contributed by atoms with Gasteiger partial charge in [-0.15, -0.1) is 0 Å². The van der Waals surface area contributed by atoms with Crippen molar-refractivity contribution in [3.05, 3.63) is 65.7 Å². The van der Waals surface area contributed by atoms with Gasteiger partial charge in [-0.25, -0.2) is 0 Å². The Morgan fingerprint density at radius 3 is 2.42 bits per heavy atom. The molecule has 0 saturated carbocycles. The van der Waals surface area contributed by atoms with Gasteiger partial charge in [0.1, 0.15) is 0 Å². The molecule has 128 valence electrons. The van der Waals surface area contributed by atoms with Crippen LogP contribution in [0.3, 0.4) is 0 Å². The van der Waals surface area contributed by atoms with Gasteiger partial charge >= 0.3 is 152 Å². The SMILES string of the molecule is Cc1ccc(S(=O)(=O)N=C2CCCCI2Cc2ccccc2)cc1. The summed E-state index contributed by atoms with van der Waals surface area (Å²) in [4.78, 5) is 0.307. The third-order valence-electron chi connectivity index (χ3n) is 4.00. The van der Waals surface area contributed by atoms with Crippen molar-refractivity contribution in [3.63, 3.8) is 0 Å². The van der Waals surface area contributed by atoms with Gasteiger partial charge in [-0.05, 0) is 0 Å². The molecule has 1 fully saturated rings. The first-order valence-electron chi connectivity index (χ1n) is 8.11. The summed E-state index contributed by atoms with van der Waals surface area (Å²) >= 11 is -1.53. The van der Waals surface area contributed by atoms with Crippen molar-refractivity contribution in [1.29, 1.82) is 0 Å². The van der Waals surface area contributed by atoms with Crippen molar-refractivity contribution in [2.75, 3.05) is 4.43 Å². The van der Waals surface area contributed by atoms with Crippen molar-refractivity contribution >= 4 is 33.6 Å². The van der Waals surface area contributed by atoms with Crippen LogP contribution in [0.4, 0.5) is 0 Å². The van der Waals surface area contributed by atoms with E-state index in [9.17, 15) is 8.42 Å². The van der Waals surface area contributed by atoms with Gasteiger partial charge in [0.15, 0.2) is 0 Å². The standard InChI is InChI=1S/C19H22INO2S/c1-16-10-12-18(13-11-16)24(22,23)21-19-9-5-6-14-20(19)15-17-7-3-2-4-8-17/h2-4,7-8,10-13H,5-6,9,14-15H2,1H3. The van der Waals surface area contributed by atoms with E-state index in [1.54, 1.807) is 12.1 Å². The summed E-state index contributed by atoms with van der Waals surface area (Å²) in [5.74, 6) is 0. The van der Waals surface area contributed by atoms with Crippen molar-refractivity contribution in [1.82, 2.24) is 0 Å². The van der Waals surface area contributed by atoms with E-state index in [0.29, 0.717) is 4.90 Å². The van der Waals surface area contributed by atoms with Crippen LogP contribution < -0.4 is 0 Å². The summed E-state index contributed by atoms with van der Waals surface area (Å²) in [7, 11) is -3.57. The number of hydrogen-bond acceptors (Lipinski definition) is 2. The van der Waals surface area contributed by atoms with Gasteiger partial charge in [-0.3, -0.25) is 0 Å². The Morgan fingerprint density at radius 1 is 1.00 bits per heavy atom. The maximum atomic E-state index is 12.6. The Hall–Kier alpha value is -1.21. The first-order chi connectivity index (χ1) is 11.5. The van der Waals surface area contributed by atoms with Crippen LogP contribution in [0.1, 0.15) is 30.4 Å². The molecule has 0 bridgehead atoms. The van der Waals surface area contributed by atoms with Crippen LogP contribution in [0.5, 0.6) is 0 Å². The topological polar surface area (TPSA) is 46.5 Å². The van der Waals surface area contributed by atoms with Crippen molar-refractivity contribution in [2.24, 2.45) is 4.40 Å². The molecule has 5 heteroatoms. The van der Waals surface area contributed by atoms with Gasteiger partial charge in [0, 0.05) is 0 Å². The molecule has 0 atom stereocenters. The molecule has 1 aliphatic heterocycles. The third kappa shape index (κ3) is 4.45. The minimum atomic E-state index is -3.57. The molecular formula is C19H22INO2S. The minimum absolute atomic E-state index is 0.307. The maximum absolute atomic E-state index is 12.6. The van der Waals surface area contributed by atoms with Crippen LogP contribution in [0.15, 0.2) is 63.9 Å². The van der Waals surface area contributed by atoms with Crippen LogP contribution in [0, 0.1) is 6.92 Å². The molecule has 1 aliphatic rings. The second-order valence-electron chi connectivity index (χ2n) is 5.98. The number of benzene rings is 2. The van der Waals surface area contributed by atoms with E-state index in [1.165, 1.54) is 16.4 Å². The zero-order chi connectivity index (χ0) is 17.0. The number of aryl methyl sites for hydroxylation is 1. The van der Waals surface area contributed by atoms with Crippen molar-refractivity contribution in [3.8, 4) is 0 Å². The van der Waals surface area contributed by atoms with E-state index in [0.717, 1.165) is 26.6 Å². The van der Waals surface area contributed by atoms with Crippen molar-refractivity contribution in [2.45, 2.75) is 35.5 Å². The Morgan fingerprint density at radius 2 is 1.71 bits per heavy atom. The normalized spacial score (nSPS) is 18.7. The molecule has 2 aromatic carbocycles. The number of sulfonamides is 1. The quantitative estimate of drug-likeness (QED) is 0.483. The van der Waals surface area contributed by atoms with Crippen LogP contribution in [0.25, 0.3) is 0 Å². The van der Waals surface area contributed by atoms with Crippen LogP contribution in [-0.4, -0.2) is 16.6 Å². The second-order valence-corrected chi connectivity index (χ2v) is 13.3. The average Bonchev–Trinajstić information content (AvgIpc) is 2.58. The van der Waals surface area contributed by atoms with Gasteiger partial charge in [0.25, 0.3) is 0 Å². The zero-order valence-electron chi connectivity index (χ0n) is 13.8. The van der Waals surface area contributed by atoms with Crippen LogP contribution >= 0.6 is 19.8 Å². The Kier molecular flexibility index (Phi) is 5.71. The van der Waals surface area contributed by atoms with Gasteiger partial charge in [-0.2, -0.15) is 0 Å². The van der Waals surface area contributed by atoms with E-state index < -0.39 is 29.8 Å². The number of alkyl halides is 2. The summed E-state index contributed by atoms with van der Waals surface area (Å²) < 4.78 is 32.8. The molecular weight excluding hydrogens is 433 g/mol. The van der Waals surface area contributed by atoms with E-state index in [-0.39, 0.29) is 0 Å². The molecule has 2 aromatic rings. The molecule has 0 aliphatic carbocycles. The molecule has 0 unspecified atom stereocenters. The molecule has 0 N–H and O–H groups in total. The van der Waals surface area contributed by atoms with E-state index in [2.05, 4.69) is 28.7 Å². The van der Waals surface area contributed by atoms with Crippen molar-refractivity contribution < 1.29 is 8.42 Å². The Bertz CT molecular complexity index is 814. The number of halogens is 1. The Labute approximate surface area is 151 Å². The Balaban J connectivity index is 1.86. The fourth-order valence-electron chi connectivity index (χ4n) is 2.65. The molecule has 1 heterocycles. The summed E-state index contributed by atoms with van der Waals surface area (Å²) in [6, 6.07) is 17.4. The molecule has 0 spiro atoms. The van der Waals surface area contributed by atoms with E-state index in [1.807, 2.05) is 25.1 Å². The second kappa shape index (κ2) is 7.78. The summed E-state index contributed by atoms with van der Waals surface area (Å²) in [5.41, 5.74) is 2.36. The summed E-state index contributed by atoms with van der Waals surface area (Å²) in [5, 5.41) is 0. The van der Waals surface area contributed by atoms with E-state index in [4.69, 9.17) is 0 Å². The predicted molar refractivity (Wildman–Crippen MR) is 109 cm³/mol. The van der Waals surface area contributed by atoms with Gasteiger partial charge in [0.05, 0.1) is 0 Å². The molecule has 0 amide bonds. The van der Waals surface area contributed by atoms with E-state index >= 15 is 0 Å². The van der Waals surface area contributed by atoms with Gasteiger partial charge < -0.3 is 0 Å². The van der Waals surface area contributed by atoms with Gasteiger partial charge in [0.2, 0.25) is 0 Å². The molecule has 0 aromatic heterocycles. The molecule has 0 radical (unpaired) electrons. The number of hydrogen-bond donors (Lipinski definition) is 0. The third-order valence-corrected chi connectivity index (χ3v) is 12.1. The number of nitrogens with zero attached hydrogens (tertiary/aromatic N) is 1. The first-order valence-corrected chi connectivity index (χ1v) is 13.7. The summed E-state index contributed by atoms with van der Waals surface area (Å²) in [6.45, 7) is 1.95. The van der Waals surface area contributed by atoms with Crippen LogP contribution in [0.2, 0.25) is 0 Å². The summed E-state index contributed by atoms with van der Waals surface area (Å²) in [6.07, 6.45) is 3.12. The van der Waals surface area contributed by atoms with Gasteiger partial charge in [-0.1, -0.05) is 0 Å². The predicted octanol–water partition coefficient (Wildman–Crippen LogP) is 4.97. The first kappa shape index (κ1) is 17.6. The fraction of sp³-hybridized carbons (Fsp3) is 0.316. The zero-order valence-corrected chi connectivity index (χ0v) is 16.8. The fourth-order valence-corrected chi connectivity index (χ4v) is 10.9. The molecule has 3 nitrogen and oxygen atoms in total. The number of rotatable bonds is 4. The molecule has 24 heavy (non-hydrogen) atoms. The van der Waals surface area contributed by atoms with Crippen LogP contribution in [-0.2, 0) is 14.5 Å². The average molecular weight is 455 g/mol.